The van der Waals surface area contributed by atoms with E-state index >= 15 is 0 Å². The Morgan fingerprint density at radius 3 is 0.906 bits per heavy atom. The molecule has 0 saturated carbocycles. The highest BCUT2D eigenvalue weighted by molar-refractivity contribution is 7.90. The Kier molecular flexibility index (Phi) is 14.5. The van der Waals surface area contributed by atoms with E-state index in [0.29, 0.717) is 0 Å². The number of benzene rings is 4. The molecule has 0 bridgehead atoms. The average Bonchev–Trinajstić information content (AvgIpc) is 3.10. The van der Waals surface area contributed by atoms with Crippen LogP contribution in [0.2, 0.25) is 0 Å². The van der Waals surface area contributed by atoms with Gasteiger partial charge in [-0.05, 0) is 95.5 Å². The second kappa shape index (κ2) is 18.2. The lowest BCUT2D eigenvalue weighted by Gasteiger charge is -2.26. The number of aryl methyl sites for hydroxylation is 4. The lowest BCUT2D eigenvalue weighted by atomic mass is 10.2. The van der Waals surface area contributed by atoms with Crippen LogP contribution in [0.15, 0.2) is 117 Å². The van der Waals surface area contributed by atoms with Crippen LogP contribution in [0, 0.1) is 27.7 Å². The standard InChI is InChI=1S/C37H48N4O8S4/c1-30-8-16-34(17-9-30)50(42,43)38-24-5-26-40(52(46,47)36-20-12-32(3)13-21-36)28-7-29-41(53(48,49)37-22-14-33(4)15-23-37)27-6-25-39-51(44,45)35-18-10-31(2)11-19-35/h8-23,38-39H,5-7,24-29H2,1-4H3. The van der Waals surface area contributed by atoms with Gasteiger partial charge < -0.3 is 0 Å². The zero-order valence-electron chi connectivity index (χ0n) is 30.4. The monoisotopic (exact) mass is 804 g/mol. The molecule has 12 nitrogen and oxygen atoms in total. The van der Waals surface area contributed by atoms with Crippen LogP contribution in [0.1, 0.15) is 41.5 Å². The van der Waals surface area contributed by atoms with Crippen molar-refractivity contribution < 1.29 is 33.7 Å². The quantitative estimate of drug-likeness (QED) is 0.121. The predicted octanol–water partition coefficient (Wildman–Crippen LogP) is 4.73. The Hall–Kier alpha value is -3.48. The van der Waals surface area contributed by atoms with E-state index in [0.717, 1.165) is 22.3 Å². The molecule has 0 spiro atoms. The molecule has 288 valence electrons. The van der Waals surface area contributed by atoms with Crippen LogP contribution in [0.5, 0.6) is 0 Å². The van der Waals surface area contributed by atoms with Crippen molar-refractivity contribution in [3.63, 3.8) is 0 Å². The molecule has 4 rings (SSSR count). The number of nitrogens with zero attached hydrogens (tertiary/aromatic N) is 2. The van der Waals surface area contributed by atoms with Crippen LogP contribution in [-0.2, 0) is 40.1 Å². The third-order valence-corrected chi connectivity index (χ3v) is 15.3. The van der Waals surface area contributed by atoms with E-state index in [1.807, 2.05) is 27.7 Å². The summed E-state index contributed by atoms with van der Waals surface area (Å²) in [5.74, 6) is 0. The van der Waals surface area contributed by atoms with E-state index < -0.39 is 40.1 Å². The second-order valence-electron chi connectivity index (χ2n) is 12.9. The van der Waals surface area contributed by atoms with Gasteiger partial charge in [0.25, 0.3) is 0 Å². The fraction of sp³-hybridized carbons (Fsp3) is 0.351. The van der Waals surface area contributed by atoms with Gasteiger partial charge in [-0.2, -0.15) is 8.61 Å². The van der Waals surface area contributed by atoms with Crippen LogP contribution in [-0.4, -0.2) is 81.6 Å². The molecule has 4 aromatic rings. The van der Waals surface area contributed by atoms with Crippen molar-refractivity contribution in [2.24, 2.45) is 0 Å². The molecule has 4 aromatic carbocycles. The zero-order chi connectivity index (χ0) is 38.9. The number of hydrogen-bond acceptors (Lipinski definition) is 8. The summed E-state index contributed by atoms with van der Waals surface area (Å²) in [5, 5.41) is 0. The maximum absolute atomic E-state index is 13.8. The fourth-order valence-corrected chi connectivity index (χ4v) is 10.6. The van der Waals surface area contributed by atoms with E-state index in [1.165, 1.54) is 57.1 Å². The summed E-state index contributed by atoms with van der Waals surface area (Å²) in [6.07, 6.45) is 0.422. The third-order valence-electron chi connectivity index (χ3n) is 8.55. The molecular formula is C37H48N4O8S4. The highest BCUT2D eigenvalue weighted by Gasteiger charge is 2.28. The lowest BCUT2D eigenvalue weighted by Crippen LogP contribution is -2.39. The number of hydrogen-bond donors (Lipinski definition) is 2. The molecule has 0 radical (unpaired) electrons. The molecule has 0 aliphatic carbocycles. The summed E-state index contributed by atoms with van der Waals surface area (Å²) >= 11 is 0. The van der Waals surface area contributed by atoms with E-state index in [2.05, 4.69) is 9.44 Å². The minimum absolute atomic E-state index is 0.0252. The first-order valence-corrected chi connectivity index (χ1v) is 23.0. The molecule has 2 N–H and O–H groups in total. The average molecular weight is 805 g/mol. The van der Waals surface area contributed by atoms with Gasteiger partial charge in [0, 0.05) is 39.3 Å². The topological polar surface area (TPSA) is 167 Å². The van der Waals surface area contributed by atoms with Gasteiger partial charge in [0.2, 0.25) is 40.1 Å². The molecule has 0 aliphatic rings. The van der Waals surface area contributed by atoms with Crippen molar-refractivity contribution in [3.05, 3.63) is 119 Å². The van der Waals surface area contributed by atoms with Gasteiger partial charge in [-0.1, -0.05) is 70.8 Å². The van der Waals surface area contributed by atoms with Crippen molar-refractivity contribution >= 4 is 40.1 Å². The summed E-state index contributed by atoms with van der Waals surface area (Å²) in [7, 11) is -15.7. The smallest absolute Gasteiger partial charge is 0.211 e. The van der Waals surface area contributed by atoms with Gasteiger partial charge in [-0.25, -0.2) is 43.1 Å². The summed E-state index contributed by atoms with van der Waals surface area (Å²) in [6, 6.07) is 25.5. The first-order chi connectivity index (χ1) is 24.9. The summed E-state index contributed by atoms with van der Waals surface area (Å²) in [5.41, 5.74) is 3.57. The molecule has 0 amide bonds. The Morgan fingerprint density at radius 2 is 0.623 bits per heavy atom. The largest absolute Gasteiger partial charge is 0.243 e. The number of rotatable bonds is 20. The van der Waals surface area contributed by atoms with Crippen molar-refractivity contribution in [2.75, 3.05) is 39.3 Å². The highest BCUT2D eigenvalue weighted by Crippen LogP contribution is 2.21. The Balaban J connectivity index is 1.48. The lowest BCUT2D eigenvalue weighted by molar-refractivity contribution is 0.354. The van der Waals surface area contributed by atoms with Crippen molar-refractivity contribution in [2.45, 2.75) is 66.5 Å². The Bertz CT molecular complexity index is 2080. The molecule has 0 fully saturated rings. The summed E-state index contributed by atoms with van der Waals surface area (Å²) in [6.45, 7) is 7.15. The zero-order valence-corrected chi connectivity index (χ0v) is 33.7. The molecule has 0 atom stereocenters. The molecule has 16 heteroatoms. The first-order valence-electron chi connectivity index (χ1n) is 17.2. The Morgan fingerprint density at radius 1 is 0.377 bits per heavy atom. The normalized spacial score (nSPS) is 12.8. The van der Waals surface area contributed by atoms with Gasteiger partial charge in [0.15, 0.2) is 0 Å². The van der Waals surface area contributed by atoms with Crippen molar-refractivity contribution in [1.29, 1.82) is 0 Å². The molecule has 53 heavy (non-hydrogen) atoms. The Labute approximate surface area is 315 Å². The van der Waals surface area contributed by atoms with Gasteiger partial charge in [-0.15, -0.1) is 0 Å². The van der Waals surface area contributed by atoms with Crippen LogP contribution in [0.25, 0.3) is 0 Å². The van der Waals surface area contributed by atoms with Gasteiger partial charge in [-0.3, -0.25) is 0 Å². The SMILES string of the molecule is Cc1ccc(S(=O)(=O)NCCCN(CCCN(CCCNS(=O)(=O)c2ccc(C)cc2)S(=O)(=O)c2ccc(C)cc2)S(=O)(=O)c2ccc(C)cc2)cc1. The minimum Gasteiger partial charge on any atom is -0.211 e. The minimum atomic E-state index is -4.04. The summed E-state index contributed by atoms with van der Waals surface area (Å²) < 4.78 is 114. The molecule has 0 aromatic heterocycles. The van der Waals surface area contributed by atoms with Crippen LogP contribution in [0.4, 0.5) is 0 Å². The van der Waals surface area contributed by atoms with Crippen molar-refractivity contribution in [3.8, 4) is 0 Å². The second-order valence-corrected chi connectivity index (χ2v) is 20.3. The molecule has 0 aliphatic heterocycles. The van der Waals surface area contributed by atoms with Gasteiger partial charge in [0.05, 0.1) is 19.6 Å². The first kappa shape index (κ1) is 42.3. The third kappa shape index (κ3) is 11.8. The maximum atomic E-state index is 13.8. The highest BCUT2D eigenvalue weighted by atomic mass is 32.2. The van der Waals surface area contributed by atoms with Gasteiger partial charge in [0.1, 0.15) is 0 Å². The predicted molar refractivity (Wildman–Crippen MR) is 206 cm³/mol. The fourth-order valence-electron chi connectivity index (χ4n) is 5.37. The maximum Gasteiger partial charge on any atom is 0.243 e. The van der Waals surface area contributed by atoms with Crippen LogP contribution >= 0.6 is 0 Å². The van der Waals surface area contributed by atoms with E-state index in [-0.39, 0.29) is 78.1 Å². The molecule has 0 heterocycles. The van der Waals surface area contributed by atoms with E-state index in [4.69, 9.17) is 0 Å². The number of nitrogens with one attached hydrogen (secondary N) is 2. The number of sulfonamides is 4. The van der Waals surface area contributed by atoms with Gasteiger partial charge >= 0.3 is 0 Å². The summed E-state index contributed by atoms with van der Waals surface area (Å²) in [4.78, 5) is 0.330. The molecule has 0 unspecified atom stereocenters. The van der Waals surface area contributed by atoms with Crippen LogP contribution < -0.4 is 9.44 Å². The molecular weight excluding hydrogens is 757 g/mol. The van der Waals surface area contributed by atoms with E-state index in [1.54, 1.807) is 48.5 Å². The molecule has 0 saturated heterocycles. The van der Waals surface area contributed by atoms with Crippen LogP contribution in [0.3, 0.4) is 0 Å². The van der Waals surface area contributed by atoms with Crippen molar-refractivity contribution in [1.82, 2.24) is 18.1 Å². The van der Waals surface area contributed by atoms with E-state index in [9.17, 15) is 33.7 Å².